The van der Waals surface area contributed by atoms with Crippen LogP contribution in [0.2, 0.25) is 0 Å². The number of hydrogen-bond acceptors (Lipinski definition) is 9. The molecular formula is C49H83O10P. The van der Waals surface area contributed by atoms with Crippen molar-refractivity contribution >= 4 is 19.8 Å². The fourth-order valence-corrected chi connectivity index (χ4v) is 6.60. The summed E-state index contributed by atoms with van der Waals surface area (Å²) < 4.78 is 32.6. The van der Waals surface area contributed by atoms with Gasteiger partial charge in [-0.05, 0) is 89.9 Å². The van der Waals surface area contributed by atoms with Gasteiger partial charge >= 0.3 is 19.8 Å². The van der Waals surface area contributed by atoms with E-state index < -0.39 is 58.4 Å². The Morgan fingerprint density at radius 1 is 0.467 bits per heavy atom. The molecule has 0 aromatic carbocycles. The number of carbonyl (C=O) groups is 2. The molecule has 11 heteroatoms. The summed E-state index contributed by atoms with van der Waals surface area (Å²) in [5.74, 6) is -1.06. The van der Waals surface area contributed by atoms with Crippen molar-refractivity contribution in [2.45, 2.75) is 187 Å². The summed E-state index contributed by atoms with van der Waals surface area (Å²) in [4.78, 5) is 34.6. The standard InChI is InChI=1S/C49H83O10P/c1-3-5-7-9-11-13-15-17-19-21-23-25-27-29-31-33-35-37-39-41-49(53)59-47(43-51)45-57-60(54,55)56-44-46(42-50)58-48(52)40-38-36-34-32-30-28-26-24-22-20-18-16-14-12-10-8-6-4-2/h5,7,11,13-14,16-17,19-20,22-23,25,29,31,46-47,50-51H,3-4,6,8-10,12,15,18,21,24,26-28,30,32-45H2,1-2H3,(H,54,55)/b7-5-,13-11-,16-14-,19-17-,22-20-,25-23-,31-29-. The number of hydrogen-bond donors (Lipinski definition) is 3. The number of phosphoric acid groups is 1. The number of aliphatic hydroxyl groups excluding tert-OH is 2. The van der Waals surface area contributed by atoms with Crippen molar-refractivity contribution in [1.82, 2.24) is 0 Å². The zero-order valence-corrected chi connectivity index (χ0v) is 38.3. The maximum absolute atomic E-state index is 12.4. The lowest BCUT2D eigenvalue weighted by atomic mass is 10.1. The topological polar surface area (TPSA) is 149 Å². The van der Waals surface area contributed by atoms with E-state index in [9.17, 15) is 29.3 Å². The maximum atomic E-state index is 12.4. The summed E-state index contributed by atoms with van der Waals surface area (Å²) in [5, 5.41) is 19.2. The smallest absolute Gasteiger partial charge is 0.457 e. The Balaban J connectivity index is 3.98. The quantitative estimate of drug-likeness (QED) is 0.0234. The molecule has 0 rings (SSSR count). The molecule has 0 heterocycles. The number of unbranched alkanes of at least 4 members (excludes halogenated alkanes) is 14. The second kappa shape index (κ2) is 44.2. The Bertz CT molecular complexity index is 1270. The molecule has 0 fully saturated rings. The molecule has 0 aliphatic rings. The van der Waals surface area contributed by atoms with E-state index in [1.807, 2.05) is 0 Å². The second-order valence-electron chi connectivity index (χ2n) is 15.0. The largest absolute Gasteiger partial charge is 0.472 e. The Labute approximate surface area is 364 Å². The normalized spacial score (nSPS) is 14.6. The Morgan fingerprint density at radius 2 is 0.783 bits per heavy atom. The number of phosphoric ester groups is 1. The van der Waals surface area contributed by atoms with E-state index in [1.54, 1.807) is 0 Å². The lowest BCUT2D eigenvalue weighted by Gasteiger charge is -2.20. The highest BCUT2D eigenvalue weighted by molar-refractivity contribution is 7.47. The van der Waals surface area contributed by atoms with Crippen LogP contribution in [0.15, 0.2) is 85.1 Å². The summed E-state index contributed by atoms with van der Waals surface area (Å²) in [6, 6.07) is 0. The summed E-state index contributed by atoms with van der Waals surface area (Å²) in [5.41, 5.74) is 0. The van der Waals surface area contributed by atoms with Crippen LogP contribution in [0.5, 0.6) is 0 Å². The highest BCUT2D eigenvalue weighted by Gasteiger charge is 2.27. The third-order valence-electron chi connectivity index (χ3n) is 9.34. The highest BCUT2D eigenvalue weighted by Crippen LogP contribution is 2.43. The fourth-order valence-electron chi connectivity index (χ4n) is 5.82. The zero-order chi connectivity index (χ0) is 44.0. The van der Waals surface area contributed by atoms with Gasteiger partial charge in [0.25, 0.3) is 0 Å². The maximum Gasteiger partial charge on any atom is 0.472 e. The molecule has 0 spiro atoms. The number of carbonyl (C=O) groups excluding carboxylic acids is 2. The van der Waals surface area contributed by atoms with Crippen molar-refractivity contribution in [3.8, 4) is 0 Å². The van der Waals surface area contributed by atoms with Gasteiger partial charge in [-0.2, -0.15) is 0 Å². The minimum Gasteiger partial charge on any atom is -0.457 e. The van der Waals surface area contributed by atoms with Crippen LogP contribution in [-0.2, 0) is 32.7 Å². The SMILES string of the molecule is CC/C=C\C/C=C\C/C=C\C/C=C\C/C=C\CCCCCC(=O)OC(CO)COP(=O)(O)OCC(CO)OC(=O)CCCCCCCCC/C=C\C/C=C\CCCCCC. The van der Waals surface area contributed by atoms with Gasteiger partial charge in [0.15, 0.2) is 0 Å². The molecule has 0 aromatic heterocycles. The van der Waals surface area contributed by atoms with Gasteiger partial charge in [0.2, 0.25) is 0 Å². The molecule has 3 N–H and O–H groups in total. The van der Waals surface area contributed by atoms with Crippen LogP contribution in [-0.4, -0.2) is 65.7 Å². The van der Waals surface area contributed by atoms with Gasteiger partial charge in [0.1, 0.15) is 12.2 Å². The van der Waals surface area contributed by atoms with Crippen LogP contribution in [0.4, 0.5) is 0 Å². The average Bonchev–Trinajstić information content (AvgIpc) is 3.24. The predicted octanol–water partition coefficient (Wildman–Crippen LogP) is 12.6. The fraction of sp³-hybridized carbons (Fsp3) is 0.673. The zero-order valence-electron chi connectivity index (χ0n) is 37.4. The first-order chi connectivity index (χ1) is 29.3. The molecule has 344 valence electrons. The first kappa shape index (κ1) is 57.1. The van der Waals surface area contributed by atoms with Crippen LogP contribution in [0.3, 0.4) is 0 Å². The van der Waals surface area contributed by atoms with Gasteiger partial charge in [-0.25, -0.2) is 4.57 Å². The molecule has 0 aliphatic carbocycles. The van der Waals surface area contributed by atoms with E-state index in [1.165, 1.54) is 44.9 Å². The molecule has 0 radical (unpaired) electrons. The monoisotopic (exact) mass is 863 g/mol. The van der Waals surface area contributed by atoms with Gasteiger partial charge in [-0.15, -0.1) is 0 Å². The van der Waals surface area contributed by atoms with Crippen LogP contribution >= 0.6 is 7.82 Å². The van der Waals surface area contributed by atoms with Crippen molar-refractivity contribution in [3.05, 3.63) is 85.1 Å². The first-order valence-corrected chi connectivity index (χ1v) is 24.5. The van der Waals surface area contributed by atoms with Crippen LogP contribution in [0.1, 0.15) is 174 Å². The van der Waals surface area contributed by atoms with E-state index in [-0.39, 0.29) is 12.8 Å². The average molecular weight is 863 g/mol. The number of allylic oxidation sites excluding steroid dienone is 14. The van der Waals surface area contributed by atoms with Gasteiger partial charge in [0.05, 0.1) is 26.4 Å². The molecule has 0 aromatic rings. The minimum atomic E-state index is -4.66. The van der Waals surface area contributed by atoms with Gasteiger partial charge in [-0.1, -0.05) is 157 Å². The van der Waals surface area contributed by atoms with Gasteiger partial charge < -0.3 is 24.6 Å². The Morgan fingerprint density at radius 3 is 1.15 bits per heavy atom. The van der Waals surface area contributed by atoms with Crippen LogP contribution < -0.4 is 0 Å². The van der Waals surface area contributed by atoms with E-state index in [2.05, 4.69) is 98.9 Å². The molecule has 3 atom stereocenters. The van der Waals surface area contributed by atoms with Crippen molar-refractivity contribution in [2.24, 2.45) is 0 Å². The molecule has 0 amide bonds. The lowest BCUT2D eigenvalue weighted by Crippen LogP contribution is -2.28. The van der Waals surface area contributed by atoms with E-state index in [0.29, 0.717) is 12.8 Å². The molecular weight excluding hydrogens is 780 g/mol. The Kier molecular flexibility index (Phi) is 42.1. The third-order valence-corrected chi connectivity index (χ3v) is 10.3. The Hall–Kier alpha value is -2.85. The number of rotatable bonds is 42. The lowest BCUT2D eigenvalue weighted by molar-refractivity contribution is -0.153. The molecule has 10 nitrogen and oxygen atoms in total. The summed E-state index contributed by atoms with van der Waals surface area (Å²) in [7, 11) is -4.66. The molecule has 3 unspecified atom stereocenters. The van der Waals surface area contributed by atoms with Crippen LogP contribution in [0.25, 0.3) is 0 Å². The second-order valence-corrected chi connectivity index (χ2v) is 16.5. The van der Waals surface area contributed by atoms with E-state index in [4.69, 9.17) is 18.5 Å². The van der Waals surface area contributed by atoms with Crippen molar-refractivity contribution in [3.63, 3.8) is 0 Å². The van der Waals surface area contributed by atoms with Crippen LogP contribution in [0, 0.1) is 0 Å². The number of aliphatic hydroxyl groups is 2. The van der Waals surface area contributed by atoms with Gasteiger partial charge in [0, 0.05) is 12.8 Å². The predicted molar refractivity (Wildman–Crippen MR) is 246 cm³/mol. The highest BCUT2D eigenvalue weighted by atomic mass is 31.2. The summed E-state index contributed by atoms with van der Waals surface area (Å²) >= 11 is 0. The summed E-state index contributed by atoms with van der Waals surface area (Å²) in [6.07, 6.45) is 52.6. The number of ether oxygens (including phenoxy) is 2. The van der Waals surface area contributed by atoms with Gasteiger partial charge in [-0.3, -0.25) is 18.6 Å². The minimum absolute atomic E-state index is 0.148. The molecule has 0 bridgehead atoms. The van der Waals surface area contributed by atoms with E-state index in [0.717, 1.165) is 89.9 Å². The molecule has 60 heavy (non-hydrogen) atoms. The van der Waals surface area contributed by atoms with Crippen molar-refractivity contribution < 1.29 is 47.8 Å². The van der Waals surface area contributed by atoms with Crippen molar-refractivity contribution in [2.75, 3.05) is 26.4 Å². The third kappa shape index (κ3) is 41.9. The molecule has 0 saturated carbocycles. The molecule has 0 saturated heterocycles. The first-order valence-electron chi connectivity index (χ1n) is 23.0. The van der Waals surface area contributed by atoms with Crippen molar-refractivity contribution in [1.29, 1.82) is 0 Å². The van der Waals surface area contributed by atoms with E-state index >= 15 is 0 Å². The molecule has 0 aliphatic heterocycles. The summed E-state index contributed by atoms with van der Waals surface area (Å²) in [6.45, 7) is 2.02. The number of esters is 2.